The van der Waals surface area contributed by atoms with Gasteiger partial charge in [-0.15, -0.1) is 0 Å². The lowest BCUT2D eigenvalue weighted by atomic mass is 10.2. The molecule has 1 aromatic carbocycles. The summed E-state index contributed by atoms with van der Waals surface area (Å²) in [6.45, 7) is 2.84. The van der Waals surface area contributed by atoms with Gasteiger partial charge in [0.1, 0.15) is 18.2 Å². The van der Waals surface area contributed by atoms with Gasteiger partial charge in [0, 0.05) is 6.20 Å². The molecule has 0 aliphatic heterocycles. The number of hydrogen-bond acceptors (Lipinski definition) is 4. The van der Waals surface area contributed by atoms with Crippen molar-refractivity contribution in [2.24, 2.45) is 0 Å². The molecule has 3 N–H and O–H groups in total. The fraction of sp³-hybridized carbons (Fsp3) is 0.200. The molecule has 0 spiro atoms. The average Bonchev–Trinajstić information content (AvgIpc) is 2.44. The van der Waals surface area contributed by atoms with E-state index in [4.69, 9.17) is 10.5 Å². The minimum absolute atomic E-state index is 0.189. The van der Waals surface area contributed by atoms with Gasteiger partial charge in [-0.05, 0) is 36.8 Å². The lowest BCUT2D eigenvalue weighted by Gasteiger charge is -2.08. The van der Waals surface area contributed by atoms with Crippen molar-refractivity contribution >= 4 is 11.7 Å². The molecule has 1 aromatic heterocycles. The minimum atomic E-state index is -0.189. The third-order valence-corrected chi connectivity index (χ3v) is 2.69. The number of nitrogens with zero attached hydrogens (tertiary/aromatic N) is 1. The molecule has 20 heavy (non-hydrogen) atoms. The minimum Gasteiger partial charge on any atom is -0.492 e. The number of rotatable bonds is 5. The van der Waals surface area contributed by atoms with Gasteiger partial charge in [0.15, 0.2) is 0 Å². The van der Waals surface area contributed by atoms with Crippen LogP contribution in [-0.4, -0.2) is 24.0 Å². The third kappa shape index (κ3) is 3.98. The number of ether oxygens (including phenoxy) is 1. The first-order chi connectivity index (χ1) is 9.65. The normalized spacial score (nSPS) is 10.1. The van der Waals surface area contributed by atoms with E-state index >= 15 is 0 Å². The maximum absolute atomic E-state index is 11.8. The van der Waals surface area contributed by atoms with Crippen LogP contribution in [0.15, 0.2) is 42.6 Å². The van der Waals surface area contributed by atoms with Crippen LogP contribution in [0.25, 0.3) is 0 Å². The third-order valence-electron chi connectivity index (χ3n) is 2.69. The summed E-state index contributed by atoms with van der Waals surface area (Å²) in [6, 6.07) is 11.0. The maximum atomic E-state index is 11.8. The number of nitrogens with two attached hydrogens (primary N) is 1. The van der Waals surface area contributed by atoms with Crippen molar-refractivity contribution in [3.05, 3.63) is 53.7 Å². The number of benzene rings is 1. The zero-order chi connectivity index (χ0) is 14.4. The molecule has 5 nitrogen and oxygen atoms in total. The molecule has 2 rings (SSSR count). The Morgan fingerprint density at radius 2 is 2.20 bits per heavy atom. The van der Waals surface area contributed by atoms with E-state index in [-0.39, 0.29) is 5.91 Å². The number of anilines is 1. The van der Waals surface area contributed by atoms with Crippen molar-refractivity contribution < 1.29 is 9.53 Å². The zero-order valence-corrected chi connectivity index (χ0v) is 11.3. The molecule has 0 atom stereocenters. The molecule has 2 aromatic rings. The van der Waals surface area contributed by atoms with Gasteiger partial charge in [-0.2, -0.15) is 0 Å². The second-order valence-electron chi connectivity index (χ2n) is 4.39. The van der Waals surface area contributed by atoms with Crippen LogP contribution in [0, 0.1) is 6.92 Å². The molecule has 104 valence electrons. The summed E-state index contributed by atoms with van der Waals surface area (Å²) in [7, 11) is 0. The molecule has 0 radical (unpaired) electrons. The molecule has 0 unspecified atom stereocenters. The first kappa shape index (κ1) is 13.9. The Hall–Kier alpha value is -2.56. The van der Waals surface area contributed by atoms with Gasteiger partial charge in [-0.3, -0.25) is 4.79 Å². The maximum Gasteiger partial charge on any atom is 0.252 e. The van der Waals surface area contributed by atoms with Crippen LogP contribution in [0.3, 0.4) is 0 Å². The summed E-state index contributed by atoms with van der Waals surface area (Å²) in [5.41, 5.74) is 7.08. The number of amides is 1. The van der Waals surface area contributed by atoms with Crippen molar-refractivity contribution in [1.29, 1.82) is 0 Å². The number of aryl methyl sites for hydroxylation is 1. The van der Waals surface area contributed by atoms with Gasteiger partial charge in [0.05, 0.1) is 12.1 Å². The SMILES string of the molecule is Cc1cccc(OCCNC(=O)c2ccc(N)nc2)c1. The molecule has 1 heterocycles. The smallest absolute Gasteiger partial charge is 0.252 e. The summed E-state index contributed by atoms with van der Waals surface area (Å²) < 4.78 is 5.54. The van der Waals surface area contributed by atoms with E-state index in [1.807, 2.05) is 31.2 Å². The van der Waals surface area contributed by atoms with Crippen LogP contribution >= 0.6 is 0 Å². The van der Waals surface area contributed by atoms with Crippen LogP contribution < -0.4 is 15.8 Å². The molecule has 5 heteroatoms. The van der Waals surface area contributed by atoms with Crippen molar-refractivity contribution in [3.8, 4) is 5.75 Å². The molecule has 0 saturated heterocycles. The number of carbonyl (C=O) groups is 1. The number of hydrogen-bond donors (Lipinski definition) is 2. The summed E-state index contributed by atoms with van der Waals surface area (Å²) >= 11 is 0. The summed E-state index contributed by atoms with van der Waals surface area (Å²) in [4.78, 5) is 15.6. The number of carbonyl (C=O) groups excluding carboxylic acids is 1. The van der Waals surface area contributed by atoms with Crippen LogP contribution in [0.1, 0.15) is 15.9 Å². The van der Waals surface area contributed by atoms with E-state index in [0.29, 0.717) is 24.5 Å². The Morgan fingerprint density at radius 1 is 1.35 bits per heavy atom. The standard InChI is InChI=1S/C15H17N3O2/c1-11-3-2-4-13(9-11)20-8-7-17-15(19)12-5-6-14(16)18-10-12/h2-6,9-10H,7-8H2,1H3,(H2,16,18)(H,17,19). The molecular formula is C15H17N3O2. The van der Waals surface area contributed by atoms with Crippen molar-refractivity contribution in [2.45, 2.75) is 6.92 Å². The number of aromatic nitrogens is 1. The van der Waals surface area contributed by atoms with Gasteiger partial charge < -0.3 is 15.8 Å². The quantitative estimate of drug-likeness (QED) is 0.813. The molecule has 0 fully saturated rings. The van der Waals surface area contributed by atoms with Gasteiger partial charge in [-0.1, -0.05) is 12.1 Å². The Kier molecular flexibility index (Phi) is 4.55. The molecule has 0 aliphatic carbocycles. The fourth-order valence-electron chi connectivity index (χ4n) is 1.68. The highest BCUT2D eigenvalue weighted by atomic mass is 16.5. The van der Waals surface area contributed by atoms with E-state index in [0.717, 1.165) is 11.3 Å². The van der Waals surface area contributed by atoms with Crippen LogP contribution in [0.5, 0.6) is 5.75 Å². The van der Waals surface area contributed by atoms with Crippen LogP contribution in [-0.2, 0) is 0 Å². The van der Waals surface area contributed by atoms with Gasteiger partial charge in [0.25, 0.3) is 5.91 Å². The molecule has 0 aliphatic rings. The zero-order valence-electron chi connectivity index (χ0n) is 11.3. The Labute approximate surface area is 117 Å². The highest BCUT2D eigenvalue weighted by Gasteiger charge is 2.04. The van der Waals surface area contributed by atoms with Crippen LogP contribution in [0.4, 0.5) is 5.82 Å². The van der Waals surface area contributed by atoms with Crippen molar-refractivity contribution in [2.75, 3.05) is 18.9 Å². The second kappa shape index (κ2) is 6.56. The highest BCUT2D eigenvalue weighted by molar-refractivity contribution is 5.93. The van der Waals surface area contributed by atoms with Gasteiger partial charge in [-0.25, -0.2) is 4.98 Å². The number of nitrogen functional groups attached to an aromatic ring is 1. The van der Waals surface area contributed by atoms with E-state index in [1.54, 1.807) is 12.1 Å². The first-order valence-corrected chi connectivity index (χ1v) is 6.34. The molecule has 1 amide bonds. The van der Waals surface area contributed by atoms with E-state index in [9.17, 15) is 4.79 Å². The van der Waals surface area contributed by atoms with E-state index < -0.39 is 0 Å². The fourth-order valence-corrected chi connectivity index (χ4v) is 1.68. The summed E-state index contributed by atoms with van der Waals surface area (Å²) in [5.74, 6) is 1.00. The Balaban J connectivity index is 1.76. The van der Waals surface area contributed by atoms with Gasteiger partial charge in [0.2, 0.25) is 0 Å². The Bertz CT molecular complexity index is 582. The molecule has 0 bridgehead atoms. The van der Waals surface area contributed by atoms with E-state index in [2.05, 4.69) is 10.3 Å². The predicted octanol–water partition coefficient (Wildman–Crippen LogP) is 1.78. The molecular weight excluding hydrogens is 254 g/mol. The number of nitrogens with one attached hydrogen (secondary N) is 1. The lowest BCUT2D eigenvalue weighted by molar-refractivity contribution is 0.0946. The Morgan fingerprint density at radius 3 is 2.90 bits per heavy atom. The molecule has 0 saturated carbocycles. The summed E-state index contributed by atoms with van der Waals surface area (Å²) in [5, 5.41) is 2.76. The first-order valence-electron chi connectivity index (χ1n) is 6.34. The summed E-state index contributed by atoms with van der Waals surface area (Å²) in [6.07, 6.45) is 1.45. The average molecular weight is 271 g/mol. The monoisotopic (exact) mass is 271 g/mol. The topological polar surface area (TPSA) is 77.2 Å². The lowest BCUT2D eigenvalue weighted by Crippen LogP contribution is -2.28. The second-order valence-corrected chi connectivity index (χ2v) is 4.39. The van der Waals surface area contributed by atoms with Crippen molar-refractivity contribution in [1.82, 2.24) is 10.3 Å². The predicted molar refractivity (Wildman–Crippen MR) is 77.7 cm³/mol. The van der Waals surface area contributed by atoms with Crippen LogP contribution in [0.2, 0.25) is 0 Å². The van der Waals surface area contributed by atoms with Gasteiger partial charge >= 0.3 is 0 Å². The van der Waals surface area contributed by atoms with Crippen molar-refractivity contribution in [3.63, 3.8) is 0 Å². The highest BCUT2D eigenvalue weighted by Crippen LogP contribution is 2.11. The van der Waals surface area contributed by atoms with E-state index in [1.165, 1.54) is 6.20 Å². The number of pyridine rings is 1. The largest absolute Gasteiger partial charge is 0.492 e.